The third kappa shape index (κ3) is 3.14. The zero-order chi connectivity index (χ0) is 12.1. The Labute approximate surface area is 101 Å². The Morgan fingerprint density at radius 2 is 2.18 bits per heavy atom. The maximum absolute atomic E-state index is 11.8. The Morgan fingerprint density at radius 1 is 1.29 bits per heavy atom. The van der Waals surface area contributed by atoms with Crippen molar-refractivity contribution in [1.29, 1.82) is 0 Å². The van der Waals surface area contributed by atoms with Crippen LogP contribution < -0.4 is 10.3 Å². The summed E-state index contributed by atoms with van der Waals surface area (Å²) >= 11 is 0. The van der Waals surface area contributed by atoms with Gasteiger partial charge in [0.05, 0.1) is 0 Å². The number of rotatable bonds is 3. The average molecular weight is 227 g/mol. The summed E-state index contributed by atoms with van der Waals surface area (Å²) in [5.41, 5.74) is 2.84. The van der Waals surface area contributed by atoms with Crippen molar-refractivity contribution in [3.05, 3.63) is 65.5 Å². The number of nitrogens with one attached hydrogen (secondary N) is 2. The first kappa shape index (κ1) is 11.3. The Balaban J connectivity index is 1.98. The lowest BCUT2D eigenvalue weighted by atomic mass is 10.1. The second-order valence-electron chi connectivity index (χ2n) is 3.96. The van der Waals surface area contributed by atoms with Crippen molar-refractivity contribution in [2.45, 2.75) is 13.5 Å². The van der Waals surface area contributed by atoms with Crippen molar-refractivity contribution in [2.24, 2.45) is 0 Å². The van der Waals surface area contributed by atoms with Crippen LogP contribution in [0.3, 0.4) is 0 Å². The number of amides is 1. The summed E-state index contributed by atoms with van der Waals surface area (Å²) in [6, 6.07) is 11.4. The molecule has 0 aliphatic heterocycles. The smallest absolute Gasteiger partial charge is 0.251 e. The maximum Gasteiger partial charge on any atom is 0.251 e. The molecule has 0 fully saturated rings. The van der Waals surface area contributed by atoms with E-state index in [1.165, 1.54) is 0 Å². The number of hydrogen-bond donors (Lipinski definition) is 1. The van der Waals surface area contributed by atoms with E-state index in [1.54, 1.807) is 0 Å². The Morgan fingerprint density at radius 3 is 2.88 bits per heavy atom. The number of aromatic nitrogens is 1. The summed E-state index contributed by atoms with van der Waals surface area (Å²) in [7, 11) is 0. The number of aryl methyl sites for hydroxylation is 1. The predicted molar refractivity (Wildman–Crippen MR) is 65.3 cm³/mol. The van der Waals surface area contributed by atoms with Gasteiger partial charge in [-0.05, 0) is 25.1 Å². The standard InChI is InChI=1S/C14H14N2O/c1-11-4-2-6-13(8-11)14(17)16-10-12-5-3-7-15-9-12/h2-9H,10H2,1H3,(H,16,17)/p+1. The van der Waals surface area contributed by atoms with Gasteiger partial charge in [0.25, 0.3) is 5.91 Å². The minimum Gasteiger partial charge on any atom is -0.348 e. The third-order valence-corrected chi connectivity index (χ3v) is 2.50. The van der Waals surface area contributed by atoms with E-state index in [-0.39, 0.29) is 5.91 Å². The van der Waals surface area contributed by atoms with E-state index in [0.717, 1.165) is 11.1 Å². The molecule has 86 valence electrons. The fourth-order valence-corrected chi connectivity index (χ4v) is 1.61. The van der Waals surface area contributed by atoms with Gasteiger partial charge >= 0.3 is 0 Å². The van der Waals surface area contributed by atoms with Gasteiger partial charge in [-0.15, -0.1) is 0 Å². The zero-order valence-corrected chi connectivity index (χ0v) is 9.73. The Hall–Kier alpha value is -2.16. The molecule has 1 aromatic heterocycles. The molecular weight excluding hydrogens is 212 g/mol. The molecule has 3 nitrogen and oxygen atoms in total. The fourth-order valence-electron chi connectivity index (χ4n) is 1.61. The van der Waals surface area contributed by atoms with Crippen LogP contribution in [-0.2, 0) is 6.54 Å². The molecule has 2 N–H and O–H groups in total. The van der Waals surface area contributed by atoms with E-state index in [4.69, 9.17) is 0 Å². The number of aromatic amines is 1. The van der Waals surface area contributed by atoms with Crippen molar-refractivity contribution < 1.29 is 9.78 Å². The van der Waals surface area contributed by atoms with Gasteiger partial charge in [-0.3, -0.25) is 4.79 Å². The van der Waals surface area contributed by atoms with Crippen LogP contribution >= 0.6 is 0 Å². The van der Waals surface area contributed by atoms with E-state index in [9.17, 15) is 4.79 Å². The average Bonchev–Trinajstić information content (AvgIpc) is 2.37. The van der Waals surface area contributed by atoms with Gasteiger partial charge < -0.3 is 5.32 Å². The Bertz CT molecular complexity index is 509. The number of carbonyl (C=O) groups excluding carboxylic acids is 1. The van der Waals surface area contributed by atoms with Crippen LogP contribution in [0, 0.1) is 6.92 Å². The minimum atomic E-state index is -0.0439. The number of pyridine rings is 1. The highest BCUT2D eigenvalue weighted by atomic mass is 16.1. The van der Waals surface area contributed by atoms with E-state index in [0.29, 0.717) is 12.1 Å². The summed E-state index contributed by atoms with van der Waals surface area (Å²) in [5.74, 6) is -0.0439. The summed E-state index contributed by atoms with van der Waals surface area (Å²) in [5, 5.41) is 2.88. The lowest BCUT2D eigenvalue weighted by Crippen LogP contribution is -2.23. The van der Waals surface area contributed by atoms with Crippen LogP contribution in [-0.4, -0.2) is 5.91 Å². The van der Waals surface area contributed by atoms with Crippen LogP contribution in [0.15, 0.2) is 48.8 Å². The lowest BCUT2D eigenvalue weighted by molar-refractivity contribution is -0.378. The first-order valence-electron chi connectivity index (χ1n) is 5.55. The van der Waals surface area contributed by atoms with Crippen LogP contribution in [0.1, 0.15) is 21.5 Å². The molecule has 0 saturated heterocycles. The molecule has 1 aromatic carbocycles. The normalized spacial score (nSPS) is 9.94. The molecule has 0 atom stereocenters. The van der Waals surface area contributed by atoms with Crippen molar-refractivity contribution in [3.8, 4) is 0 Å². The van der Waals surface area contributed by atoms with Crippen LogP contribution in [0.25, 0.3) is 0 Å². The van der Waals surface area contributed by atoms with E-state index in [1.807, 2.05) is 55.7 Å². The first-order valence-corrected chi connectivity index (χ1v) is 5.55. The Kier molecular flexibility index (Phi) is 3.50. The molecule has 0 aliphatic rings. The van der Waals surface area contributed by atoms with Crippen LogP contribution in [0.4, 0.5) is 0 Å². The molecule has 3 heteroatoms. The topological polar surface area (TPSA) is 43.2 Å². The third-order valence-electron chi connectivity index (χ3n) is 2.50. The highest BCUT2D eigenvalue weighted by Gasteiger charge is 2.05. The maximum atomic E-state index is 11.8. The summed E-state index contributed by atoms with van der Waals surface area (Å²) in [6.07, 6.45) is 3.71. The monoisotopic (exact) mass is 227 g/mol. The molecule has 2 aromatic rings. The molecule has 0 saturated carbocycles. The van der Waals surface area contributed by atoms with Gasteiger partial charge in [-0.25, -0.2) is 4.98 Å². The van der Waals surface area contributed by atoms with E-state index in [2.05, 4.69) is 10.3 Å². The molecule has 2 rings (SSSR count). The highest BCUT2D eigenvalue weighted by Crippen LogP contribution is 2.04. The zero-order valence-electron chi connectivity index (χ0n) is 9.73. The van der Waals surface area contributed by atoms with Crippen molar-refractivity contribution in [1.82, 2.24) is 5.32 Å². The van der Waals surface area contributed by atoms with Gasteiger partial charge in [0.1, 0.15) is 0 Å². The molecule has 0 radical (unpaired) electrons. The first-order chi connectivity index (χ1) is 8.25. The fraction of sp³-hybridized carbons (Fsp3) is 0.143. The molecule has 1 amide bonds. The lowest BCUT2D eigenvalue weighted by Gasteiger charge is -2.04. The van der Waals surface area contributed by atoms with E-state index < -0.39 is 0 Å². The second kappa shape index (κ2) is 5.25. The van der Waals surface area contributed by atoms with Gasteiger partial charge in [-0.1, -0.05) is 17.7 Å². The van der Waals surface area contributed by atoms with Crippen LogP contribution in [0.2, 0.25) is 0 Å². The number of carbonyl (C=O) groups is 1. The van der Waals surface area contributed by atoms with Gasteiger partial charge in [0, 0.05) is 23.7 Å². The number of benzene rings is 1. The second-order valence-corrected chi connectivity index (χ2v) is 3.96. The van der Waals surface area contributed by atoms with Crippen molar-refractivity contribution in [3.63, 3.8) is 0 Å². The summed E-state index contributed by atoms with van der Waals surface area (Å²) in [4.78, 5) is 14.8. The van der Waals surface area contributed by atoms with Crippen molar-refractivity contribution >= 4 is 5.91 Å². The molecule has 0 unspecified atom stereocenters. The number of hydrogen-bond acceptors (Lipinski definition) is 1. The van der Waals surface area contributed by atoms with Crippen molar-refractivity contribution in [2.75, 3.05) is 0 Å². The molecule has 0 bridgehead atoms. The molecule has 0 aliphatic carbocycles. The molecular formula is C14H15N2O+. The van der Waals surface area contributed by atoms with Gasteiger partial charge in [0.15, 0.2) is 12.4 Å². The molecule has 1 heterocycles. The summed E-state index contributed by atoms with van der Waals surface area (Å²) in [6.45, 7) is 2.51. The summed E-state index contributed by atoms with van der Waals surface area (Å²) < 4.78 is 0. The highest BCUT2D eigenvalue weighted by molar-refractivity contribution is 5.94. The SMILES string of the molecule is Cc1cccc(C(=O)NCc2ccc[nH+]c2)c1. The van der Waals surface area contributed by atoms with Gasteiger partial charge in [-0.2, -0.15) is 0 Å². The quantitative estimate of drug-likeness (QED) is 0.852. The largest absolute Gasteiger partial charge is 0.348 e. The predicted octanol–water partition coefficient (Wildman–Crippen LogP) is 1.74. The molecule has 0 spiro atoms. The van der Waals surface area contributed by atoms with Crippen LogP contribution in [0.5, 0.6) is 0 Å². The van der Waals surface area contributed by atoms with E-state index >= 15 is 0 Å². The number of H-pyrrole nitrogens is 1. The molecule has 17 heavy (non-hydrogen) atoms. The minimum absolute atomic E-state index is 0.0439. The van der Waals surface area contributed by atoms with Gasteiger partial charge in [0.2, 0.25) is 0 Å².